The average molecular weight is 394 g/mol. The van der Waals surface area contributed by atoms with Crippen LogP contribution in [0.4, 0.5) is 0 Å². The van der Waals surface area contributed by atoms with Crippen molar-refractivity contribution in [1.29, 1.82) is 0 Å². The summed E-state index contributed by atoms with van der Waals surface area (Å²) < 4.78 is 32.5. The van der Waals surface area contributed by atoms with Crippen molar-refractivity contribution in [1.82, 2.24) is 0 Å². The standard InChI is InChI=1S/C18H18O6S2/c1-5-15(6-2-13(1)19-9-17-11-21-17)23-25-26-24-16-7-3-14(4-8-16)20-10-18-12-22-18/h1-8,17-18H,9-12H2. The van der Waals surface area contributed by atoms with Gasteiger partial charge < -0.3 is 27.3 Å². The van der Waals surface area contributed by atoms with Gasteiger partial charge in [0.2, 0.25) is 0 Å². The number of rotatable bonds is 11. The molecule has 0 bridgehead atoms. The first kappa shape index (κ1) is 17.7. The molecular weight excluding hydrogens is 376 g/mol. The minimum atomic E-state index is 0.253. The van der Waals surface area contributed by atoms with Crippen molar-refractivity contribution < 1.29 is 27.3 Å². The summed E-state index contributed by atoms with van der Waals surface area (Å²) in [7, 11) is 0. The first-order chi connectivity index (χ1) is 12.8. The Bertz CT molecular complexity index is 624. The van der Waals surface area contributed by atoms with Crippen molar-refractivity contribution in [2.75, 3.05) is 26.4 Å². The molecule has 2 aliphatic rings. The molecular formula is C18H18O6S2. The summed E-state index contributed by atoms with van der Waals surface area (Å²) in [5.41, 5.74) is 0. The van der Waals surface area contributed by atoms with Gasteiger partial charge in [-0.3, -0.25) is 0 Å². The Labute approximate surface area is 159 Å². The van der Waals surface area contributed by atoms with Gasteiger partial charge in [0.25, 0.3) is 0 Å². The number of hydrogen-bond acceptors (Lipinski definition) is 8. The van der Waals surface area contributed by atoms with Crippen LogP contribution < -0.4 is 17.8 Å². The minimum Gasteiger partial charge on any atom is -0.491 e. The van der Waals surface area contributed by atoms with Gasteiger partial charge >= 0.3 is 0 Å². The molecule has 0 aromatic heterocycles. The Morgan fingerprint density at radius 2 is 1.00 bits per heavy atom. The molecule has 4 rings (SSSR count). The van der Waals surface area contributed by atoms with Gasteiger partial charge in [0.15, 0.2) is 22.1 Å². The van der Waals surface area contributed by atoms with Gasteiger partial charge in [0.05, 0.1) is 13.2 Å². The van der Waals surface area contributed by atoms with Crippen LogP contribution in [0.15, 0.2) is 48.5 Å². The van der Waals surface area contributed by atoms with Gasteiger partial charge in [-0.2, -0.15) is 0 Å². The van der Waals surface area contributed by atoms with Crippen LogP contribution in [0, 0.1) is 0 Å². The fourth-order valence-corrected chi connectivity index (χ4v) is 3.07. The molecule has 0 aliphatic carbocycles. The van der Waals surface area contributed by atoms with Gasteiger partial charge in [-0.15, -0.1) is 0 Å². The molecule has 2 unspecified atom stereocenters. The maximum Gasteiger partial charge on any atom is 0.169 e. The summed E-state index contributed by atoms with van der Waals surface area (Å²) in [6, 6.07) is 14.9. The van der Waals surface area contributed by atoms with Gasteiger partial charge in [0.1, 0.15) is 48.4 Å². The molecule has 2 atom stereocenters. The lowest BCUT2D eigenvalue weighted by Crippen LogP contribution is -2.03. The van der Waals surface area contributed by atoms with Crippen LogP contribution in [0.2, 0.25) is 0 Å². The Morgan fingerprint density at radius 3 is 1.35 bits per heavy atom. The van der Waals surface area contributed by atoms with Crippen molar-refractivity contribution in [2.45, 2.75) is 12.2 Å². The molecule has 0 saturated carbocycles. The van der Waals surface area contributed by atoms with E-state index in [0.29, 0.717) is 13.2 Å². The molecule has 0 spiro atoms. The quantitative estimate of drug-likeness (QED) is 0.246. The van der Waals surface area contributed by atoms with E-state index in [4.69, 9.17) is 27.3 Å². The fraction of sp³-hybridized carbons (Fsp3) is 0.333. The Balaban J connectivity index is 1.12. The fourth-order valence-electron chi connectivity index (χ4n) is 2.00. The highest BCUT2D eigenvalue weighted by Crippen LogP contribution is 2.31. The molecule has 0 radical (unpaired) electrons. The normalized spacial score (nSPS) is 20.3. The molecule has 2 fully saturated rings. The molecule has 138 valence electrons. The number of hydrogen-bond donors (Lipinski definition) is 0. The Morgan fingerprint density at radius 1 is 0.654 bits per heavy atom. The summed E-state index contributed by atoms with van der Waals surface area (Å²) in [5, 5.41) is 0. The lowest BCUT2D eigenvalue weighted by atomic mass is 10.3. The third-order valence-electron chi connectivity index (χ3n) is 3.61. The van der Waals surface area contributed by atoms with Crippen LogP contribution in [-0.2, 0) is 9.47 Å². The highest BCUT2D eigenvalue weighted by Gasteiger charge is 2.23. The summed E-state index contributed by atoms with van der Waals surface area (Å²) >= 11 is 2.30. The second-order valence-electron chi connectivity index (χ2n) is 5.78. The van der Waals surface area contributed by atoms with Crippen LogP contribution in [-0.4, -0.2) is 38.6 Å². The molecule has 26 heavy (non-hydrogen) atoms. The third kappa shape index (κ3) is 5.91. The van der Waals surface area contributed by atoms with E-state index < -0.39 is 0 Å². The Hall–Kier alpha value is -1.74. The van der Waals surface area contributed by atoms with Gasteiger partial charge in [0, 0.05) is 0 Å². The van der Waals surface area contributed by atoms with Crippen molar-refractivity contribution in [3.8, 4) is 23.0 Å². The van der Waals surface area contributed by atoms with E-state index in [-0.39, 0.29) is 12.2 Å². The molecule has 2 heterocycles. The largest absolute Gasteiger partial charge is 0.491 e. The van der Waals surface area contributed by atoms with E-state index in [0.717, 1.165) is 58.4 Å². The maximum absolute atomic E-state index is 5.58. The smallest absolute Gasteiger partial charge is 0.169 e. The first-order valence-corrected chi connectivity index (χ1v) is 10.2. The van der Waals surface area contributed by atoms with E-state index in [1.165, 1.54) is 0 Å². The van der Waals surface area contributed by atoms with Gasteiger partial charge in [-0.25, -0.2) is 0 Å². The SMILES string of the molecule is c1cc(OSSOc2ccc(OCC3CO3)cc2)ccc1OCC1CO1. The lowest BCUT2D eigenvalue weighted by molar-refractivity contribution is 0.263. The summed E-state index contributed by atoms with van der Waals surface area (Å²) in [6.07, 6.45) is 0.505. The van der Waals surface area contributed by atoms with E-state index in [9.17, 15) is 0 Å². The minimum absolute atomic E-state index is 0.253. The average Bonchev–Trinajstić information content (AvgIpc) is 3.58. The first-order valence-electron chi connectivity index (χ1n) is 8.22. The second kappa shape index (κ2) is 8.77. The molecule has 2 aliphatic heterocycles. The molecule has 2 aromatic carbocycles. The highest BCUT2D eigenvalue weighted by atomic mass is 33.1. The van der Waals surface area contributed by atoms with Crippen LogP contribution in [0.5, 0.6) is 23.0 Å². The van der Waals surface area contributed by atoms with E-state index in [1.54, 1.807) is 0 Å². The summed E-state index contributed by atoms with van der Waals surface area (Å²) in [5.74, 6) is 3.06. The maximum atomic E-state index is 5.58. The van der Waals surface area contributed by atoms with Crippen LogP contribution in [0.1, 0.15) is 0 Å². The number of benzene rings is 2. The monoisotopic (exact) mass is 394 g/mol. The summed E-state index contributed by atoms with van der Waals surface area (Å²) in [6.45, 7) is 2.77. The van der Waals surface area contributed by atoms with Crippen LogP contribution in [0.25, 0.3) is 0 Å². The molecule has 0 N–H and O–H groups in total. The topological polar surface area (TPSA) is 62.0 Å². The number of epoxide rings is 2. The Kier molecular flexibility index (Phi) is 5.96. The van der Waals surface area contributed by atoms with Crippen molar-refractivity contribution >= 4 is 22.1 Å². The zero-order chi connectivity index (χ0) is 17.6. The molecule has 2 saturated heterocycles. The zero-order valence-corrected chi connectivity index (χ0v) is 15.5. The predicted molar refractivity (Wildman–Crippen MR) is 99.8 cm³/mol. The number of ether oxygens (including phenoxy) is 4. The van der Waals surface area contributed by atoms with E-state index in [2.05, 4.69) is 0 Å². The third-order valence-corrected chi connectivity index (χ3v) is 4.76. The lowest BCUT2D eigenvalue weighted by Gasteiger charge is -2.07. The second-order valence-corrected chi connectivity index (χ2v) is 7.20. The molecule has 8 heteroatoms. The highest BCUT2D eigenvalue weighted by molar-refractivity contribution is 8.73. The van der Waals surface area contributed by atoms with Gasteiger partial charge in [-0.1, -0.05) is 0 Å². The van der Waals surface area contributed by atoms with E-state index in [1.807, 2.05) is 48.5 Å². The van der Waals surface area contributed by atoms with Crippen molar-refractivity contribution in [3.63, 3.8) is 0 Å². The predicted octanol–water partition coefficient (Wildman–Crippen LogP) is 3.91. The molecule has 0 amide bonds. The zero-order valence-electron chi connectivity index (χ0n) is 13.9. The summed E-state index contributed by atoms with van der Waals surface area (Å²) in [4.78, 5) is 0. The van der Waals surface area contributed by atoms with Crippen molar-refractivity contribution in [2.24, 2.45) is 0 Å². The molecule has 2 aromatic rings. The van der Waals surface area contributed by atoms with Crippen LogP contribution >= 0.6 is 22.1 Å². The van der Waals surface area contributed by atoms with Crippen molar-refractivity contribution in [3.05, 3.63) is 48.5 Å². The van der Waals surface area contributed by atoms with Crippen LogP contribution in [0.3, 0.4) is 0 Å². The van der Waals surface area contributed by atoms with Gasteiger partial charge in [-0.05, 0) is 48.5 Å². The van der Waals surface area contributed by atoms with E-state index >= 15 is 0 Å². The molecule has 6 nitrogen and oxygen atoms in total.